The van der Waals surface area contributed by atoms with Crippen molar-refractivity contribution in [3.63, 3.8) is 0 Å². The summed E-state index contributed by atoms with van der Waals surface area (Å²) in [5.74, 6) is 1.16. The molecule has 0 fully saturated rings. The zero-order valence-electron chi connectivity index (χ0n) is 10.9. The highest BCUT2D eigenvalue weighted by Gasteiger charge is 2.39. The van der Waals surface area contributed by atoms with Crippen LogP contribution in [-0.4, -0.2) is 25.8 Å². The van der Waals surface area contributed by atoms with Crippen LogP contribution in [-0.2, 0) is 4.79 Å². The summed E-state index contributed by atoms with van der Waals surface area (Å²) in [4.78, 5) is 11.7. The Labute approximate surface area is 106 Å². The summed E-state index contributed by atoms with van der Waals surface area (Å²) in [5.41, 5.74) is 3.41. The molecule has 0 bridgehead atoms. The van der Waals surface area contributed by atoms with Crippen LogP contribution in [0.3, 0.4) is 0 Å². The molecule has 0 saturated carbocycles. The van der Waals surface area contributed by atoms with E-state index in [0.717, 1.165) is 5.56 Å². The van der Waals surface area contributed by atoms with E-state index in [9.17, 15) is 4.79 Å². The van der Waals surface area contributed by atoms with Crippen molar-refractivity contribution in [1.82, 2.24) is 5.43 Å². The van der Waals surface area contributed by atoms with Crippen LogP contribution in [0.1, 0.15) is 19.4 Å². The largest absolute Gasteiger partial charge is 0.493 e. The van der Waals surface area contributed by atoms with E-state index in [1.165, 1.54) is 0 Å². The molecule has 5 heteroatoms. The maximum absolute atomic E-state index is 11.7. The van der Waals surface area contributed by atoms with E-state index < -0.39 is 5.41 Å². The van der Waals surface area contributed by atoms with Crippen molar-refractivity contribution in [2.24, 2.45) is 10.5 Å². The molecule has 0 atom stereocenters. The lowest BCUT2D eigenvalue weighted by Gasteiger charge is -2.17. The molecule has 0 aromatic heterocycles. The Kier molecular flexibility index (Phi) is 2.98. The van der Waals surface area contributed by atoms with Gasteiger partial charge in [0.2, 0.25) is 0 Å². The standard InChI is InChI=1S/C13H16N2O3/c1-13(2)11(14-15-12(13)16)8-5-6-9(17-3)10(7-8)18-4/h5-7H,1-4H3,(H,15,16). The van der Waals surface area contributed by atoms with Gasteiger partial charge in [-0.25, -0.2) is 5.43 Å². The van der Waals surface area contributed by atoms with Crippen molar-refractivity contribution in [3.8, 4) is 11.5 Å². The number of nitrogens with zero attached hydrogens (tertiary/aromatic N) is 1. The summed E-state index contributed by atoms with van der Waals surface area (Å²) in [6, 6.07) is 5.48. The average Bonchev–Trinajstić information content (AvgIpc) is 2.63. The first kappa shape index (κ1) is 12.4. The Bertz CT molecular complexity index is 521. The van der Waals surface area contributed by atoms with Crippen LogP contribution < -0.4 is 14.9 Å². The molecule has 0 aliphatic carbocycles. The van der Waals surface area contributed by atoms with E-state index in [1.807, 2.05) is 26.0 Å². The molecule has 1 aromatic rings. The highest BCUT2D eigenvalue weighted by Crippen LogP contribution is 2.32. The number of nitrogens with one attached hydrogen (secondary N) is 1. The maximum Gasteiger partial charge on any atom is 0.251 e. The summed E-state index contributed by atoms with van der Waals surface area (Å²) >= 11 is 0. The van der Waals surface area contributed by atoms with E-state index in [1.54, 1.807) is 20.3 Å². The number of methoxy groups -OCH3 is 2. The molecule has 0 unspecified atom stereocenters. The molecule has 1 amide bonds. The number of hydrogen-bond acceptors (Lipinski definition) is 4. The van der Waals surface area contributed by atoms with Gasteiger partial charge in [-0.05, 0) is 32.0 Å². The third kappa shape index (κ3) is 1.81. The van der Waals surface area contributed by atoms with Crippen LogP contribution >= 0.6 is 0 Å². The molecule has 1 aliphatic heterocycles. The number of amides is 1. The van der Waals surface area contributed by atoms with Gasteiger partial charge in [-0.15, -0.1) is 0 Å². The number of hydrazone groups is 1. The Hall–Kier alpha value is -2.04. The lowest BCUT2D eigenvalue weighted by Crippen LogP contribution is -2.32. The van der Waals surface area contributed by atoms with Gasteiger partial charge < -0.3 is 9.47 Å². The molecular formula is C13H16N2O3. The monoisotopic (exact) mass is 248 g/mol. The zero-order valence-corrected chi connectivity index (χ0v) is 10.9. The smallest absolute Gasteiger partial charge is 0.251 e. The normalized spacial score (nSPS) is 17.1. The molecule has 5 nitrogen and oxygen atoms in total. The van der Waals surface area contributed by atoms with Gasteiger partial charge in [0, 0.05) is 5.56 Å². The molecule has 0 radical (unpaired) electrons. The molecule has 1 aromatic carbocycles. The van der Waals surface area contributed by atoms with Gasteiger partial charge in [0.1, 0.15) is 0 Å². The minimum Gasteiger partial charge on any atom is -0.493 e. The molecule has 0 saturated heterocycles. The zero-order chi connectivity index (χ0) is 13.3. The van der Waals surface area contributed by atoms with Gasteiger partial charge in [0.15, 0.2) is 11.5 Å². The number of hydrogen-bond donors (Lipinski definition) is 1. The van der Waals surface area contributed by atoms with Gasteiger partial charge in [-0.1, -0.05) is 0 Å². The predicted octanol–water partition coefficient (Wildman–Crippen LogP) is 1.56. The van der Waals surface area contributed by atoms with Crippen molar-refractivity contribution in [2.45, 2.75) is 13.8 Å². The second kappa shape index (κ2) is 4.33. The number of rotatable bonds is 3. The molecule has 1 N–H and O–H groups in total. The van der Waals surface area contributed by atoms with Crippen LogP contribution in [0, 0.1) is 5.41 Å². The Morgan fingerprint density at radius 1 is 1.17 bits per heavy atom. The second-order valence-electron chi connectivity index (χ2n) is 4.60. The van der Waals surface area contributed by atoms with Crippen molar-refractivity contribution >= 4 is 11.6 Å². The average molecular weight is 248 g/mol. The molecule has 96 valence electrons. The van der Waals surface area contributed by atoms with Crippen molar-refractivity contribution < 1.29 is 14.3 Å². The number of benzene rings is 1. The van der Waals surface area contributed by atoms with Gasteiger partial charge >= 0.3 is 0 Å². The van der Waals surface area contributed by atoms with Crippen LogP contribution in [0.15, 0.2) is 23.3 Å². The minimum absolute atomic E-state index is 0.104. The number of carbonyl (C=O) groups is 1. The van der Waals surface area contributed by atoms with Gasteiger partial charge in [-0.3, -0.25) is 4.79 Å². The maximum atomic E-state index is 11.7. The lowest BCUT2D eigenvalue weighted by molar-refractivity contribution is -0.125. The minimum atomic E-state index is -0.639. The number of ether oxygens (including phenoxy) is 2. The fraction of sp³-hybridized carbons (Fsp3) is 0.385. The third-order valence-corrected chi connectivity index (χ3v) is 3.09. The van der Waals surface area contributed by atoms with Crippen LogP contribution in [0.5, 0.6) is 11.5 Å². The van der Waals surface area contributed by atoms with Crippen LogP contribution in [0.2, 0.25) is 0 Å². The first-order valence-corrected chi connectivity index (χ1v) is 5.61. The van der Waals surface area contributed by atoms with Crippen molar-refractivity contribution in [1.29, 1.82) is 0 Å². The highest BCUT2D eigenvalue weighted by atomic mass is 16.5. The van der Waals surface area contributed by atoms with Crippen LogP contribution in [0.25, 0.3) is 0 Å². The first-order chi connectivity index (χ1) is 8.50. The van der Waals surface area contributed by atoms with Crippen molar-refractivity contribution in [3.05, 3.63) is 23.8 Å². The molecule has 2 rings (SSSR count). The summed E-state index contributed by atoms with van der Waals surface area (Å²) < 4.78 is 10.4. The number of carbonyl (C=O) groups excluding carboxylic acids is 1. The second-order valence-corrected chi connectivity index (χ2v) is 4.60. The topological polar surface area (TPSA) is 59.9 Å². The van der Waals surface area contributed by atoms with Gasteiger partial charge in [0.05, 0.1) is 25.3 Å². The Balaban J connectivity index is 2.44. The predicted molar refractivity (Wildman–Crippen MR) is 68.0 cm³/mol. The van der Waals surface area contributed by atoms with Gasteiger partial charge in [-0.2, -0.15) is 5.10 Å². The highest BCUT2D eigenvalue weighted by molar-refractivity contribution is 6.19. The van der Waals surface area contributed by atoms with E-state index in [2.05, 4.69) is 10.5 Å². The SMILES string of the molecule is COc1ccc(C2=NNC(=O)C2(C)C)cc1OC. The van der Waals surface area contributed by atoms with E-state index in [0.29, 0.717) is 17.2 Å². The summed E-state index contributed by atoms with van der Waals surface area (Å²) in [6.45, 7) is 3.68. The van der Waals surface area contributed by atoms with Gasteiger partial charge in [0.25, 0.3) is 5.91 Å². The third-order valence-electron chi connectivity index (χ3n) is 3.09. The summed E-state index contributed by atoms with van der Waals surface area (Å²) in [5, 5.41) is 4.09. The quantitative estimate of drug-likeness (QED) is 0.883. The lowest BCUT2D eigenvalue weighted by atomic mass is 9.84. The fourth-order valence-electron chi connectivity index (χ4n) is 1.90. The summed E-state index contributed by atoms with van der Waals surface area (Å²) in [7, 11) is 3.16. The molecule has 18 heavy (non-hydrogen) atoms. The first-order valence-electron chi connectivity index (χ1n) is 5.61. The van der Waals surface area contributed by atoms with Crippen LogP contribution in [0.4, 0.5) is 0 Å². The van der Waals surface area contributed by atoms with E-state index in [-0.39, 0.29) is 5.91 Å². The Morgan fingerprint density at radius 2 is 1.83 bits per heavy atom. The molecule has 0 spiro atoms. The molecule has 1 heterocycles. The summed E-state index contributed by atoms with van der Waals surface area (Å²) in [6.07, 6.45) is 0. The van der Waals surface area contributed by atoms with Crippen molar-refractivity contribution in [2.75, 3.05) is 14.2 Å². The van der Waals surface area contributed by atoms with E-state index in [4.69, 9.17) is 9.47 Å². The van der Waals surface area contributed by atoms with E-state index >= 15 is 0 Å². The molecular weight excluding hydrogens is 232 g/mol. The Morgan fingerprint density at radius 3 is 2.33 bits per heavy atom. The fourth-order valence-corrected chi connectivity index (χ4v) is 1.90. The molecule has 1 aliphatic rings.